The maximum atomic E-state index is 10.3. The van der Waals surface area contributed by atoms with Crippen molar-refractivity contribution in [2.75, 3.05) is 0 Å². The molecule has 2 N–H and O–H groups in total. The molecular weight excluding hydrogens is 204 g/mol. The number of carboxylic acids is 1. The largest absolute Gasteiger partial charge is 0.507 e. The summed E-state index contributed by atoms with van der Waals surface area (Å²) in [5.41, 5.74) is 1.01. The van der Waals surface area contributed by atoms with Crippen LogP contribution in [-0.2, 0) is 4.79 Å². The van der Waals surface area contributed by atoms with Crippen molar-refractivity contribution in [3.05, 3.63) is 34.4 Å². The summed E-state index contributed by atoms with van der Waals surface area (Å²) < 4.78 is 0. The van der Waals surface area contributed by atoms with Crippen molar-refractivity contribution in [1.29, 1.82) is 0 Å². The average molecular weight is 213 g/mol. The highest BCUT2D eigenvalue weighted by atomic mass is 35.5. The summed E-state index contributed by atoms with van der Waals surface area (Å²) in [6.07, 6.45) is 2.25. The van der Waals surface area contributed by atoms with Crippen LogP contribution < -0.4 is 0 Å². The maximum Gasteiger partial charge on any atom is 0.328 e. The highest BCUT2D eigenvalue weighted by Gasteiger charge is 2.03. The summed E-state index contributed by atoms with van der Waals surface area (Å²) in [4.78, 5) is 10.3. The van der Waals surface area contributed by atoms with E-state index in [1.807, 2.05) is 0 Å². The fraction of sp³-hybridized carbons (Fsp3) is 0.100. The molecule has 0 aliphatic heterocycles. The van der Waals surface area contributed by atoms with Gasteiger partial charge >= 0.3 is 5.97 Å². The summed E-state index contributed by atoms with van der Waals surface area (Å²) in [7, 11) is 0. The molecule has 0 aliphatic carbocycles. The number of aryl methyl sites for hydroxylation is 1. The van der Waals surface area contributed by atoms with E-state index in [0.29, 0.717) is 16.1 Å². The molecule has 0 fully saturated rings. The molecule has 0 spiro atoms. The summed E-state index contributed by atoms with van der Waals surface area (Å²) in [5, 5.41) is 18.4. The van der Waals surface area contributed by atoms with Gasteiger partial charge in [-0.05, 0) is 30.7 Å². The quantitative estimate of drug-likeness (QED) is 0.741. The minimum Gasteiger partial charge on any atom is -0.507 e. The fourth-order valence-electron chi connectivity index (χ4n) is 1.05. The van der Waals surface area contributed by atoms with Crippen molar-refractivity contribution in [3.8, 4) is 5.75 Å². The first-order valence-corrected chi connectivity index (χ1v) is 4.28. The molecule has 0 saturated carbocycles. The number of phenols is 1. The van der Waals surface area contributed by atoms with E-state index in [0.717, 1.165) is 6.08 Å². The molecule has 0 saturated heterocycles. The van der Waals surface area contributed by atoms with Gasteiger partial charge in [0.2, 0.25) is 0 Å². The molecule has 1 aromatic rings. The predicted octanol–water partition coefficient (Wildman–Crippen LogP) is 2.45. The number of halogens is 1. The van der Waals surface area contributed by atoms with Crippen LogP contribution in [0.15, 0.2) is 18.2 Å². The number of aliphatic carboxylic acids is 1. The van der Waals surface area contributed by atoms with E-state index in [1.54, 1.807) is 13.0 Å². The lowest BCUT2D eigenvalue weighted by atomic mass is 10.1. The van der Waals surface area contributed by atoms with Gasteiger partial charge in [0.25, 0.3) is 0 Å². The molecule has 1 aromatic carbocycles. The first kappa shape index (κ1) is 10.6. The number of benzene rings is 1. The van der Waals surface area contributed by atoms with E-state index in [-0.39, 0.29) is 5.75 Å². The molecule has 0 heterocycles. The third-order valence-corrected chi connectivity index (χ3v) is 1.92. The van der Waals surface area contributed by atoms with Gasteiger partial charge < -0.3 is 10.2 Å². The minimum absolute atomic E-state index is 0.0481. The smallest absolute Gasteiger partial charge is 0.328 e. The number of carboxylic acid groups (broad SMARTS) is 1. The third-order valence-electron chi connectivity index (χ3n) is 1.70. The van der Waals surface area contributed by atoms with E-state index in [9.17, 15) is 9.90 Å². The molecule has 14 heavy (non-hydrogen) atoms. The molecule has 0 amide bonds. The highest BCUT2D eigenvalue weighted by Crippen LogP contribution is 2.27. The second-order valence-corrected chi connectivity index (χ2v) is 3.27. The molecule has 3 nitrogen and oxygen atoms in total. The Labute approximate surface area is 86.3 Å². The second kappa shape index (κ2) is 4.15. The Bertz CT molecular complexity index is 397. The van der Waals surface area contributed by atoms with Gasteiger partial charge in [-0.3, -0.25) is 0 Å². The summed E-state index contributed by atoms with van der Waals surface area (Å²) in [5.74, 6) is -1.02. The number of phenolic OH excluding ortho intramolecular Hbond substituents is 1. The van der Waals surface area contributed by atoms with E-state index in [4.69, 9.17) is 16.7 Å². The van der Waals surface area contributed by atoms with Crippen LogP contribution in [0.1, 0.15) is 11.1 Å². The molecule has 0 radical (unpaired) electrons. The van der Waals surface area contributed by atoms with Gasteiger partial charge in [0.1, 0.15) is 5.75 Å². The Morgan fingerprint density at radius 3 is 2.71 bits per heavy atom. The van der Waals surface area contributed by atoms with E-state index in [2.05, 4.69) is 0 Å². The van der Waals surface area contributed by atoms with Crippen LogP contribution in [0.3, 0.4) is 0 Å². The van der Waals surface area contributed by atoms with Gasteiger partial charge in [-0.1, -0.05) is 11.6 Å². The first-order valence-electron chi connectivity index (χ1n) is 3.91. The average Bonchev–Trinajstić information content (AvgIpc) is 2.08. The molecule has 0 aromatic heterocycles. The second-order valence-electron chi connectivity index (χ2n) is 2.83. The zero-order valence-corrected chi connectivity index (χ0v) is 8.25. The Hall–Kier alpha value is -1.48. The van der Waals surface area contributed by atoms with E-state index < -0.39 is 5.97 Å². The summed E-state index contributed by atoms with van der Waals surface area (Å²) in [6, 6.07) is 3.11. The number of rotatable bonds is 2. The molecule has 4 heteroatoms. The van der Waals surface area contributed by atoms with Gasteiger partial charge in [0, 0.05) is 16.7 Å². The monoisotopic (exact) mass is 212 g/mol. The lowest BCUT2D eigenvalue weighted by molar-refractivity contribution is -0.131. The van der Waals surface area contributed by atoms with Gasteiger partial charge in [0.05, 0.1) is 0 Å². The zero-order valence-electron chi connectivity index (χ0n) is 7.49. The number of hydrogen-bond acceptors (Lipinski definition) is 2. The van der Waals surface area contributed by atoms with Crippen LogP contribution in [0.5, 0.6) is 5.75 Å². The van der Waals surface area contributed by atoms with Crippen LogP contribution in [0.25, 0.3) is 6.08 Å². The van der Waals surface area contributed by atoms with Crippen molar-refractivity contribution in [3.63, 3.8) is 0 Å². The number of aromatic hydroxyl groups is 1. The molecule has 74 valence electrons. The molecule has 1 rings (SSSR count). The first-order chi connectivity index (χ1) is 6.50. The number of hydrogen-bond donors (Lipinski definition) is 2. The Balaban J connectivity index is 3.14. The topological polar surface area (TPSA) is 57.5 Å². The zero-order chi connectivity index (χ0) is 10.7. The molecule has 0 unspecified atom stereocenters. The Kier molecular flexibility index (Phi) is 3.14. The standard InChI is InChI=1S/C10H9ClO3/c1-6-4-8(11)5-7(10(6)14)2-3-9(12)13/h2-5,14H,1H3,(H,12,13). The van der Waals surface area contributed by atoms with Gasteiger partial charge in [-0.15, -0.1) is 0 Å². The van der Waals surface area contributed by atoms with E-state index >= 15 is 0 Å². The van der Waals surface area contributed by atoms with Crippen molar-refractivity contribution in [2.45, 2.75) is 6.92 Å². The highest BCUT2D eigenvalue weighted by molar-refractivity contribution is 6.30. The van der Waals surface area contributed by atoms with Crippen molar-refractivity contribution in [1.82, 2.24) is 0 Å². The summed E-state index contributed by atoms with van der Waals surface area (Å²) in [6.45, 7) is 1.69. The van der Waals surface area contributed by atoms with Crippen LogP contribution in [-0.4, -0.2) is 16.2 Å². The Morgan fingerprint density at radius 1 is 1.50 bits per heavy atom. The fourth-order valence-corrected chi connectivity index (χ4v) is 1.33. The van der Waals surface area contributed by atoms with Crippen molar-refractivity contribution < 1.29 is 15.0 Å². The van der Waals surface area contributed by atoms with Crippen LogP contribution >= 0.6 is 11.6 Å². The molecule has 0 atom stereocenters. The van der Waals surface area contributed by atoms with Gasteiger partial charge in [-0.2, -0.15) is 0 Å². The SMILES string of the molecule is Cc1cc(Cl)cc(C=CC(=O)O)c1O. The lowest BCUT2D eigenvalue weighted by Gasteiger charge is -2.03. The predicted molar refractivity (Wildman–Crippen MR) is 54.5 cm³/mol. The normalized spacial score (nSPS) is 10.7. The van der Waals surface area contributed by atoms with Gasteiger partial charge in [0.15, 0.2) is 0 Å². The van der Waals surface area contributed by atoms with Crippen LogP contribution in [0.2, 0.25) is 5.02 Å². The third kappa shape index (κ3) is 2.50. The Morgan fingerprint density at radius 2 is 2.14 bits per heavy atom. The maximum absolute atomic E-state index is 10.3. The molecule has 0 bridgehead atoms. The lowest BCUT2D eigenvalue weighted by Crippen LogP contribution is -1.87. The summed E-state index contributed by atoms with van der Waals surface area (Å²) >= 11 is 5.74. The minimum atomic E-state index is -1.07. The van der Waals surface area contributed by atoms with E-state index in [1.165, 1.54) is 12.1 Å². The van der Waals surface area contributed by atoms with Crippen LogP contribution in [0, 0.1) is 6.92 Å². The molecular formula is C10H9ClO3. The van der Waals surface area contributed by atoms with Crippen molar-refractivity contribution >= 4 is 23.6 Å². The van der Waals surface area contributed by atoms with Crippen molar-refractivity contribution in [2.24, 2.45) is 0 Å². The molecule has 0 aliphatic rings. The van der Waals surface area contributed by atoms with Gasteiger partial charge in [-0.25, -0.2) is 4.79 Å². The number of carbonyl (C=O) groups is 1. The van der Waals surface area contributed by atoms with Crippen LogP contribution in [0.4, 0.5) is 0 Å².